The number of carboxylic acids is 1. The van der Waals surface area contributed by atoms with Gasteiger partial charge < -0.3 is 10.4 Å². The molecule has 5 nitrogen and oxygen atoms in total. The van der Waals surface area contributed by atoms with Gasteiger partial charge in [-0.2, -0.15) is 0 Å². The van der Waals surface area contributed by atoms with Crippen LogP contribution in [0, 0.1) is 0 Å². The van der Waals surface area contributed by atoms with Crippen LogP contribution in [0.15, 0.2) is 22.9 Å². The average Bonchev–Trinajstić information content (AvgIpc) is 2.17. The standard InChI is InChI=1S/C9H9BrN2O3/c10-7-5-6(1-3-11-7)9(15)12-4-2-8(13)14/h1,3,5H,2,4H2,(H,12,15)(H,13,14). The van der Waals surface area contributed by atoms with Gasteiger partial charge in [-0.3, -0.25) is 9.59 Å². The number of nitrogens with one attached hydrogen (secondary N) is 1. The summed E-state index contributed by atoms with van der Waals surface area (Å²) in [6.07, 6.45) is 1.41. The number of halogens is 1. The summed E-state index contributed by atoms with van der Waals surface area (Å²) in [4.78, 5) is 25.5. The van der Waals surface area contributed by atoms with E-state index in [0.29, 0.717) is 10.2 Å². The number of aliphatic carboxylic acids is 1. The molecule has 0 saturated carbocycles. The van der Waals surface area contributed by atoms with Gasteiger partial charge in [0.25, 0.3) is 5.91 Å². The molecule has 0 bridgehead atoms. The van der Waals surface area contributed by atoms with Crippen molar-refractivity contribution in [3.05, 3.63) is 28.5 Å². The van der Waals surface area contributed by atoms with Gasteiger partial charge in [-0.25, -0.2) is 4.98 Å². The monoisotopic (exact) mass is 272 g/mol. The van der Waals surface area contributed by atoms with E-state index in [1.54, 1.807) is 12.1 Å². The molecule has 0 unspecified atom stereocenters. The van der Waals surface area contributed by atoms with Crippen molar-refractivity contribution in [2.24, 2.45) is 0 Å². The van der Waals surface area contributed by atoms with Crippen molar-refractivity contribution in [3.8, 4) is 0 Å². The van der Waals surface area contributed by atoms with E-state index in [4.69, 9.17) is 5.11 Å². The second-order valence-corrected chi connectivity index (χ2v) is 3.58. The van der Waals surface area contributed by atoms with Crippen molar-refractivity contribution in [3.63, 3.8) is 0 Å². The molecule has 6 heteroatoms. The van der Waals surface area contributed by atoms with Gasteiger partial charge in [-0.05, 0) is 28.1 Å². The number of pyridine rings is 1. The van der Waals surface area contributed by atoms with Crippen LogP contribution in [0.5, 0.6) is 0 Å². The summed E-state index contributed by atoms with van der Waals surface area (Å²) in [5.41, 5.74) is 0.447. The lowest BCUT2D eigenvalue weighted by atomic mass is 10.2. The normalized spacial score (nSPS) is 9.67. The van der Waals surface area contributed by atoms with Crippen LogP contribution in [0.25, 0.3) is 0 Å². The van der Waals surface area contributed by atoms with E-state index in [9.17, 15) is 9.59 Å². The topological polar surface area (TPSA) is 79.3 Å². The molecule has 1 heterocycles. The van der Waals surface area contributed by atoms with Crippen molar-refractivity contribution in [1.82, 2.24) is 10.3 Å². The Morgan fingerprint density at radius 2 is 2.27 bits per heavy atom. The van der Waals surface area contributed by atoms with Gasteiger partial charge in [0, 0.05) is 18.3 Å². The zero-order valence-electron chi connectivity index (χ0n) is 7.74. The van der Waals surface area contributed by atoms with Crippen LogP contribution < -0.4 is 5.32 Å². The van der Waals surface area contributed by atoms with Gasteiger partial charge in [-0.1, -0.05) is 0 Å². The molecule has 0 radical (unpaired) electrons. The fourth-order valence-electron chi connectivity index (χ4n) is 0.929. The first-order valence-electron chi connectivity index (χ1n) is 4.21. The molecule has 0 aliphatic carbocycles. The Balaban J connectivity index is 2.50. The van der Waals surface area contributed by atoms with Crippen LogP contribution in [0.2, 0.25) is 0 Å². The summed E-state index contributed by atoms with van der Waals surface area (Å²) in [5.74, 6) is -1.24. The summed E-state index contributed by atoms with van der Waals surface area (Å²) in [6, 6.07) is 3.12. The molecule has 0 aromatic carbocycles. The molecule has 0 fully saturated rings. The first kappa shape index (κ1) is 11.6. The van der Waals surface area contributed by atoms with Gasteiger partial charge >= 0.3 is 5.97 Å². The highest BCUT2D eigenvalue weighted by atomic mass is 79.9. The van der Waals surface area contributed by atoms with E-state index in [-0.39, 0.29) is 18.9 Å². The lowest BCUT2D eigenvalue weighted by molar-refractivity contribution is -0.136. The minimum Gasteiger partial charge on any atom is -0.481 e. The van der Waals surface area contributed by atoms with Gasteiger partial charge in [-0.15, -0.1) is 0 Å². The molecule has 0 atom stereocenters. The summed E-state index contributed by atoms with van der Waals surface area (Å²) < 4.78 is 0.563. The van der Waals surface area contributed by atoms with Crippen LogP contribution in [0.4, 0.5) is 0 Å². The Bertz CT molecular complexity index is 381. The third-order valence-electron chi connectivity index (χ3n) is 1.61. The molecule has 1 amide bonds. The minimum absolute atomic E-state index is 0.0853. The number of amides is 1. The molecule has 1 rings (SSSR count). The maximum Gasteiger partial charge on any atom is 0.305 e. The minimum atomic E-state index is -0.939. The SMILES string of the molecule is O=C(O)CCNC(=O)c1ccnc(Br)c1. The van der Waals surface area contributed by atoms with E-state index in [1.165, 1.54) is 6.20 Å². The van der Waals surface area contributed by atoms with E-state index in [1.807, 2.05) is 0 Å². The Hall–Kier alpha value is -1.43. The number of aromatic nitrogens is 1. The zero-order valence-corrected chi connectivity index (χ0v) is 9.32. The molecule has 0 aliphatic rings. The van der Waals surface area contributed by atoms with Crippen molar-refractivity contribution in [2.75, 3.05) is 6.54 Å². The summed E-state index contributed by atoms with van der Waals surface area (Å²) in [7, 11) is 0. The highest BCUT2D eigenvalue weighted by Gasteiger charge is 2.06. The average molecular weight is 273 g/mol. The van der Waals surface area contributed by atoms with Gasteiger partial charge in [0.05, 0.1) is 6.42 Å². The van der Waals surface area contributed by atoms with Gasteiger partial charge in [0.2, 0.25) is 0 Å². The number of carbonyl (C=O) groups is 2. The molecule has 15 heavy (non-hydrogen) atoms. The van der Waals surface area contributed by atoms with Crippen molar-refractivity contribution in [1.29, 1.82) is 0 Å². The Kier molecular flexibility index (Phi) is 4.23. The van der Waals surface area contributed by atoms with Crippen LogP contribution in [0.3, 0.4) is 0 Å². The van der Waals surface area contributed by atoms with E-state index in [2.05, 4.69) is 26.2 Å². The van der Waals surface area contributed by atoms with Crippen molar-refractivity contribution < 1.29 is 14.7 Å². The van der Waals surface area contributed by atoms with Gasteiger partial charge in [0.1, 0.15) is 4.60 Å². The molecule has 1 aromatic heterocycles. The van der Waals surface area contributed by atoms with Crippen LogP contribution in [0.1, 0.15) is 16.8 Å². The van der Waals surface area contributed by atoms with Gasteiger partial charge in [0.15, 0.2) is 0 Å². The fraction of sp³-hybridized carbons (Fsp3) is 0.222. The van der Waals surface area contributed by atoms with Crippen LogP contribution in [-0.2, 0) is 4.79 Å². The maximum atomic E-state index is 11.4. The molecule has 1 aromatic rings. The predicted molar refractivity (Wildman–Crippen MR) is 56.5 cm³/mol. The van der Waals surface area contributed by atoms with E-state index >= 15 is 0 Å². The molecular formula is C9H9BrN2O3. The van der Waals surface area contributed by atoms with Crippen molar-refractivity contribution >= 4 is 27.8 Å². The molecule has 2 N–H and O–H groups in total. The third-order valence-corrected chi connectivity index (χ3v) is 2.05. The highest BCUT2D eigenvalue weighted by molar-refractivity contribution is 9.10. The number of hydrogen-bond acceptors (Lipinski definition) is 3. The molecule has 0 aliphatic heterocycles. The second kappa shape index (κ2) is 5.45. The number of carbonyl (C=O) groups excluding carboxylic acids is 1. The number of rotatable bonds is 4. The maximum absolute atomic E-state index is 11.4. The van der Waals surface area contributed by atoms with E-state index < -0.39 is 5.97 Å². The first-order chi connectivity index (χ1) is 7.09. The Morgan fingerprint density at radius 1 is 1.53 bits per heavy atom. The second-order valence-electron chi connectivity index (χ2n) is 2.77. The summed E-state index contributed by atoms with van der Waals surface area (Å²) >= 11 is 3.14. The number of nitrogens with zero attached hydrogens (tertiary/aromatic N) is 1. The van der Waals surface area contributed by atoms with E-state index in [0.717, 1.165) is 0 Å². The molecular weight excluding hydrogens is 264 g/mol. The fourth-order valence-corrected chi connectivity index (χ4v) is 1.29. The number of carboxylic acid groups (broad SMARTS) is 1. The smallest absolute Gasteiger partial charge is 0.305 e. The van der Waals surface area contributed by atoms with Crippen molar-refractivity contribution in [2.45, 2.75) is 6.42 Å². The van der Waals surface area contributed by atoms with Crippen LogP contribution >= 0.6 is 15.9 Å². The number of hydrogen-bond donors (Lipinski definition) is 2. The Labute approximate surface area is 94.6 Å². The predicted octanol–water partition coefficient (Wildman–Crippen LogP) is 1.05. The third kappa shape index (κ3) is 4.07. The largest absolute Gasteiger partial charge is 0.481 e. The molecule has 0 saturated heterocycles. The quantitative estimate of drug-likeness (QED) is 0.803. The lowest BCUT2D eigenvalue weighted by Crippen LogP contribution is -2.25. The zero-order chi connectivity index (χ0) is 11.3. The molecule has 80 valence electrons. The summed E-state index contributed by atoms with van der Waals surface area (Å²) in [5, 5.41) is 10.9. The lowest BCUT2D eigenvalue weighted by Gasteiger charge is -2.03. The summed E-state index contributed by atoms with van der Waals surface area (Å²) in [6.45, 7) is 0.119. The molecule has 0 spiro atoms. The highest BCUT2D eigenvalue weighted by Crippen LogP contribution is 2.07. The Morgan fingerprint density at radius 3 is 2.87 bits per heavy atom. The van der Waals surface area contributed by atoms with Crippen LogP contribution in [-0.4, -0.2) is 28.5 Å². The first-order valence-corrected chi connectivity index (χ1v) is 5.00.